The van der Waals surface area contributed by atoms with E-state index in [-0.39, 0.29) is 49.6 Å². The molecule has 0 radical (unpaired) electrons. The van der Waals surface area contributed by atoms with Crippen molar-refractivity contribution in [2.75, 3.05) is 36.5 Å². The van der Waals surface area contributed by atoms with Crippen molar-refractivity contribution in [2.24, 2.45) is 11.8 Å². The van der Waals surface area contributed by atoms with Gasteiger partial charge in [-0.05, 0) is 67.9 Å². The number of morpholine rings is 1. The second-order valence-electron chi connectivity index (χ2n) is 10.4. The molecular formula is C27H30ClF3N4O4S. The van der Waals surface area contributed by atoms with Gasteiger partial charge in [0.05, 0.1) is 27.1 Å². The van der Waals surface area contributed by atoms with Crippen molar-refractivity contribution >= 4 is 52.0 Å². The summed E-state index contributed by atoms with van der Waals surface area (Å²) in [5.41, 5.74) is -1.37. The predicted octanol–water partition coefficient (Wildman–Crippen LogP) is 4.69. The Morgan fingerprint density at radius 1 is 1.12 bits per heavy atom. The minimum atomic E-state index is -4.76. The Hall–Kier alpha value is -2.67. The minimum Gasteiger partial charge on any atom is -0.370 e. The van der Waals surface area contributed by atoms with Gasteiger partial charge >= 0.3 is 6.18 Å². The number of carbonyl (C=O) groups excluding carboxylic acids is 3. The van der Waals surface area contributed by atoms with Gasteiger partial charge in [0, 0.05) is 24.8 Å². The van der Waals surface area contributed by atoms with Gasteiger partial charge in [-0.25, -0.2) is 0 Å². The Balaban J connectivity index is 1.35. The van der Waals surface area contributed by atoms with Crippen LogP contribution in [0.4, 0.5) is 24.5 Å². The average molecular weight is 599 g/mol. The third-order valence-corrected chi connectivity index (χ3v) is 8.84. The first-order valence-electron chi connectivity index (χ1n) is 13.3. The minimum absolute atomic E-state index is 0.00150. The summed E-state index contributed by atoms with van der Waals surface area (Å²) >= 11 is 7.06. The Bertz CT molecular complexity index is 1260. The standard InChI is InChI=1S/C27H30ClF3N4O4S/c28-22-9-8-21(40-22)26(38)32-13-19(34-24(16-4-5-16)15-2-1-3-15)25(37)33-17-6-7-20(18(12-17)27(29,30)31)35-10-11-39-14-23(35)36/h6-9,12,15-16,19,24,34H,1-5,10-11,13-14H2,(H,32,38)(H,33,37)/t19-,24?/m1/s1. The SMILES string of the molecule is O=C(NC[C@@H](NC(C1CCC1)C1CC1)C(=O)Nc1ccc(N2CCOCC2=O)c(C(F)(F)F)c1)c1ccc(Cl)s1. The van der Waals surface area contributed by atoms with Gasteiger partial charge in [0.15, 0.2) is 0 Å². The lowest BCUT2D eigenvalue weighted by atomic mass is 9.77. The first-order chi connectivity index (χ1) is 19.1. The number of thiophene rings is 1. The van der Waals surface area contributed by atoms with Crippen LogP contribution in [0.25, 0.3) is 0 Å². The van der Waals surface area contributed by atoms with E-state index in [0.29, 0.717) is 21.0 Å². The molecule has 2 aliphatic carbocycles. The number of ether oxygens (including phenoxy) is 1. The third-order valence-electron chi connectivity index (χ3n) is 7.61. The van der Waals surface area contributed by atoms with Crippen LogP contribution in [0.2, 0.25) is 4.34 Å². The van der Waals surface area contributed by atoms with Crippen LogP contribution in [0.3, 0.4) is 0 Å². The molecular weight excluding hydrogens is 569 g/mol. The smallest absolute Gasteiger partial charge is 0.370 e. The van der Waals surface area contributed by atoms with E-state index >= 15 is 0 Å². The van der Waals surface area contributed by atoms with Crippen LogP contribution < -0.4 is 20.9 Å². The zero-order valence-electron chi connectivity index (χ0n) is 21.6. The summed E-state index contributed by atoms with van der Waals surface area (Å²) in [5.74, 6) is -0.645. The number of carbonyl (C=O) groups is 3. The quantitative estimate of drug-likeness (QED) is 0.369. The molecule has 3 N–H and O–H groups in total. The second-order valence-corrected chi connectivity index (χ2v) is 12.1. The molecule has 1 unspecified atom stereocenters. The molecule has 1 aromatic carbocycles. The fraction of sp³-hybridized carbons (Fsp3) is 0.519. The lowest BCUT2D eigenvalue weighted by molar-refractivity contribution is -0.137. The molecule has 3 fully saturated rings. The molecule has 40 heavy (non-hydrogen) atoms. The normalized spacial score (nSPS) is 19.6. The average Bonchev–Trinajstić information content (AvgIpc) is 3.63. The maximum atomic E-state index is 14.0. The summed E-state index contributed by atoms with van der Waals surface area (Å²) in [6.45, 7) is -0.224. The largest absolute Gasteiger partial charge is 0.418 e. The van der Waals surface area contributed by atoms with Gasteiger partial charge in [-0.2, -0.15) is 13.2 Å². The van der Waals surface area contributed by atoms with E-state index < -0.39 is 29.6 Å². The number of hydrogen-bond donors (Lipinski definition) is 3. The molecule has 2 saturated carbocycles. The van der Waals surface area contributed by atoms with Crippen LogP contribution in [-0.4, -0.2) is 56.1 Å². The van der Waals surface area contributed by atoms with E-state index in [1.165, 1.54) is 12.1 Å². The summed E-state index contributed by atoms with van der Waals surface area (Å²) in [7, 11) is 0. The predicted molar refractivity (Wildman–Crippen MR) is 146 cm³/mol. The number of rotatable bonds is 10. The van der Waals surface area contributed by atoms with Crippen LogP contribution in [0, 0.1) is 11.8 Å². The van der Waals surface area contributed by atoms with Crippen molar-refractivity contribution in [1.82, 2.24) is 10.6 Å². The number of alkyl halides is 3. The van der Waals surface area contributed by atoms with Gasteiger partial charge in [-0.3, -0.25) is 14.4 Å². The highest BCUT2D eigenvalue weighted by Gasteiger charge is 2.41. The van der Waals surface area contributed by atoms with Crippen LogP contribution in [-0.2, 0) is 20.5 Å². The van der Waals surface area contributed by atoms with E-state index in [0.717, 1.165) is 54.4 Å². The monoisotopic (exact) mass is 598 g/mol. The third kappa shape index (κ3) is 6.79. The van der Waals surface area contributed by atoms with Gasteiger partial charge in [0.25, 0.3) is 11.8 Å². The summed E-state index contributed by atoms with van der Waals surface area (Å²) < 4.78 is 47.6. The van der Waals surface area contributed by atoms with E-state index in [2.05, 4.69) is 16.0 Å². The number of nitrogens with zero attached hydrogens (tertiary/aromatic N) is 1. The first-order valence-corrected chi connectivity index (χ1v) is 14.5. The summed E-state index contributed by atoms with van der Waals surface area (Å²) in [4.78, 5) is 39.8. The lowest BCUT2D eigenvalue weighted by Gasteiger charge is -2.37. The fourth-order valence-corrected chi connectivity index (χ4v) is 6.13. The molecule has 0 spiro atoms. The second kappa shape index (κ2) is 12.1. The molecule has 2 atom stereocenters. The van der Waals surface area contributed by atoms with Crippen molar-refractivity contribution in [3.05, 3.63) is 45.1 Å². The van der Waals surface area contributed by atoms with Gasteiger partial charge in [0.1, 0.15) is 12.6 Å². The summed E-state index contributed by atoms with van der Waals surface area (Å²) in [6, 6.07) is 5.79. The fourth-order valence-electron chi connectivity index (χ4n) is 5.17. The van der Waals surface area contributed by atoms with Crippen molar-refractivity contribution in [1.29, 1.82) is 0 Å². The zero-order chi connectivity index (χ0) is 28.4. The Labute approximate surface area is 238 Å². The maximum Gasteiger partial charge on any atom is 0.418 e. The Morgan fingerprint density at radius 3 is 2.48 bits per heavy atom. The zero-order valence-corrected chi connectivity index (χ0v) is 23.1. The van der Waals surface area contributed by atoms with Gasteiger partial charge in [-0.1, -0.05) is 18.0 Å². The summed E-state index contributed by atoms with van der Waals surface area (Å²) in [5, 5.41) is 8.79. The van der Waals surface area contributed by atoms with Crippen molar-refractivity contribution in [3.63, 3.8) is 0 Å². The molecule has 1 aromatic heterocycles. The number of benzene rings is 1. The molecule has 1 aliphatic heterocycles. The lowest BCUT2D eigenvalue weighted by Crippen LogP contribution is -2.55. The molecule has 216 valence electrons. The van der Waals surface area contributed by atoms with E-state index in [9.17, 15) is 27.6 Å². The van der Waals surface area contributed by atoms with Crippen LogP contribution in [0.15, 0.2) is 30.3 Å². The van der Waals surface area contributed by atoms with E-state index in [1.807, 2.05) is 0 Å². The van der Waals surface area contributed by atoms with Gasteiger partial charge < -0.3 is 25.6 Å². The Kier molecular flexibility index (Phi) is 8.69. The number of anilines is 2. The molecule has 2 heterocycles. The molecule has 1 saturated heterocycles. The van der Waals surface area contributed by atoms with Crippen molar-refractivity contribution in [3.8, 4) is 0 Å². The van der Waals surface area contributed by atoms with Crippen molar-refractivity contribution in [2.45, 2.75) is 50.4 Å². The molecule has 2 aromatic rings. The highest BCUT2D eigenvalue weighted by molar-refractivity contribution is 7.18. The van der Waals surface area contributed by atoms with E-state index in [4.69, 9.17) is 16.3 Å². The molecule has 8 nitrogen and oxygen atoms in total. The van der Waals surface area contributed by atoms with Crippen molar-refractivity contribution < 1.29 is 32.3 Å². The molecule has 0 bridgehead atoms. The molecule has 13 heteroatoms. The number of hydrogen-bond acceptors (Lipinski definition) is 6. The molecule has 3 amide bonds. The van der Waals surface area contributed by atoms with Crippen LogP contribution >= 0.6 is 22.9 Å². The van der Waals surface area contributed by atoms with Crippen LogP contribution in [0.5, 0.6) is 0 Å². The highest BCUT2D eigenvalue weighted by atomic mass is 35.5. The van der Waals surface area contributed by atoms with Gasteiger partial charge in [-0.15, -0.1) is 11.3 Å². The van der Waals surface area contributed by atoms with Gasteiger partial charge in [0.2, 0.25) is 5.91 Å². The molecule has 3 aliphatic rings. The number of amides is 3. The van der Waals surface area contributed by atoms with E-state index in [1.54, 1.807) is 12.1 Å². The van der Waals surface area contributed by atoms with Crippen LogP contribution in [0.1, 0.15) is 47.3 Å². The number of halogens is 4. The first kappa shape index (κ1) is 28.8. The Morgan fingerprint density at radius 2 is 1.88 bits per heavy atom. The maximum absolute atomic E-state index is 14.0. The highest BCUT2D eigenvalue weighted by Crippen LogP contribution is 2.43. The summed E-state index contributed by atoms with van der Waals surface area (Å²) in [6.07, 6.45) is 0.584. The molecule has 5 rings (SSSR count). The number of nitrogens with one attached hydrogen (secondary N) is 3. The topological polar surface area (TPSA) is 99.8 Å².